The molecular formula is C16H26N2O3. The van der Waals surface area contributed by atoms with E-state index in [9.17, 15) is 4.79 Å². The molecule has 0 aliphatic carbocycles. The maximum Gasteiger partial charge on any atom is 0.251 e. The van der Waals surface area contributed by atoms with Crippen LogP contribution in [0.2, 0.25) is 0 Å². The van der Waals surface area contributed by atoms with Crippen molar-refractivity contribution in [1.29, 1.82) is 0 Å². The summed E-state index contributed by atoms with van der Waals surface area (Å²) in [4.78, 5) is 12.1. The number of likely N-dealkylation sites (N-methyl/N-ethyl adjacent to an activating group) is 1. The van der Waals surface area contributed by atoms with Crippen LogP contribution in [-0.4, -0.2) is 38.8 Å². The maximum atomic E-state index is 12.1. The summed E-state index contributed by atoms with van der Waals surface area (Å²) in [5, 5.41) is 5.96. The first-order chi connectivity index (χ1) is 10.1. The van der Waals surface area contributed by atoms with E-state index in [2.05, 4.69) is 10.6 Å². The van der Waals surface area contributed by atoms with Gasteiger partial charge in [0.05, 0.1) is 13.2 Å². The Kier molecular flexibility index (Phi) is 7.61. The molecule has 1 atom stereocenters. The van der Waals surface area contributed by atoms with Crippen molar-refractivity contribution in [2.45, 2.75) is 33.2 Å². The summed E-state index contributed by atoms with van der Waals surface area (Å²) < 4.78 is 11.2. The van der Waals surface area contributed by atoms with Crippen molar-refractivity contribution in [3.63, 3.8) is 0 Å². The van der Waals surface area contributed by atoms with Crippen LogP contribution in [0.1, 0.15) is 37.6 Å². The van der Waals surface area contributed by atoms with E-state index in [1.807, 2.05) is 27.8 Å². The van der Waals surface area contributed by atoms with Gasteiger partial charge in [-0.25, -0.2) is 0 Å². The number of nitrogens with one attached hydrogen (secondary N) is 2. The average molecular weight is 294 g/mol. The minimum absolute atomic E-state index is 0.111. The van der Waals surface area contributed by atoms with Gasteiger partial charge in [0.25, 0.3) is 5.91 Å². The molecule has 0 aliphatic heterocycles. The second-order valence-corrected chi connectivity index (χ2v) is 4.84. The van der Waals surface area contributed by atoms with Gasteiger partial charge in [-0.2, -0.15) is 0 Å². The second-order valence-electron chi connectivity index (χ2n) is 4.84. The van der Waals surface area contributed by atoms with Gasteiger partial charge in [0.15, 0.2) is 11.5 Å². The van der Waals surface area contributed by atoms with Gasteiger partial charge in [-0.15, -0.1) is 0 Å². The molecule has 0 aliphatic rings. The van der Waals surface area contributed by atoms with Crippen LogP contribution < -0.4 is 20.1 Å². The number of amides is 1. The quantitative estimate of drug-likeness (QED) is 0.733. The van der Waals surface area contributed by atoms with Gasteiger partial charge in [0.1, 0.15) is 0 Å². The smallest absolute Gasteiger partial charge is 0.251 e. The van der Waals surface area contributed by atoms with E-state index >= 15 is 0 Å². The highest BCUT2D eigenvalue weighted by Gasteiger charge is 2.12. The van der Waals surface area contributed by atoms with Crippen molar-refractivity contribution in [1.82, 2.24) is 10.6 Å². The summed E-state index contributed by atoms with van der Waals surface area (Å²) in [5.74, 6) is 1.18. The van der Waals surface area contributed by atoms with Gasteiger partial charge in [-0.05, 0) is 45.5 Å². The largest absolute Gasteiger partial charge is 0.490 e. The van der Waals surface area contributed by atoms with E-state index in [1.54, 1.807) is 18.2 Å². The standard InChI is InChI=1S/C16H26N2O3/c1-5-9-21-14-8-7-13(10-15(14)20-6-2)16(19)18-11-12(3)17-4/h7-8,10,12,17H,5-6,9,11H2,1-4H3,(H,18,19). The molecule has 5 nitrogen and oxygen atoms in total. The van der Waals surface area contributed by atoms with E-state index in [0.717, 1.165) is 6.42 Å². The lowest BCUT2D eigenvalue weighted by atomic mass is 10.2. The third-order valence-corrected chi connectivity index (χ3v) is 3.03. The Balaban J connectivity index is 2.78. The molecule has 0 spiro atoms. The van der Waals surface area contributed by atoms with Gasteiger partial charge in [0, 0.05) is 18.2 Å². The van der Waals surface area contributed by atoms with Crippen LogP contribution in [0.5, 0.6) is 11.5 Å². The Morgan fingerprint density at radius 2 is 2.00 bits per heavy atom. The monoisotopic (exact) mass is 294 g/mol. The lowest BCUT2D eigenvalue weighted by Crippen LogP contribution is -2.37. The summed E-state index contributed by atoms with van der Waals surface area (Å²) in [6, 6.07) is 5.50. The Morgan fingerprint density at radius 3 is 2.62 bits per heavy atom. The Bertz CT molecular complexity index is 449. The Labute approximate surface area is 127 Å². The van der Waals surface area contributed by atoms with E-state index in [-0.39, 0.29) is 11.9 Å². The number of ether oxygens (including phenoxy) is 2. The number of rotatable bonds is 9. The molecule has 0 radical (unpaired) electrons. The summed E-state index contributed by atoms with van der Waals surface area (Å²) in [7, 11) is 1.86. The molecule has 1 aromatic rings. The van der Waals surface area contributed by atoms with Crippen LogP contribution in [0.15, 0.2) is 18.2 Å². The lowest BCUT2D eigenvalue weighted by molar-refractivity contribution is 0.0950. The molecule has 1 amide bonds. The van der Waals surface area contributed by atoms with E-state index in [0.29, 0.717) is 36.8 Å². The predicted octanol–water partition coefficient (Wildman–Crippen LogP) is 2.21. The fourth-order valence-electron chi connectivity index (χ4n) is 1.70. The third kappa shape index (κ3) is 5.63. The van der Waals surface area contributed by atoms with Crippen molar-refractivity contribution < 1.29 is 14.3 Å². The van der Waals surface area contributed by atoms with Crippen molar-refractivity contribution >= 4 is 5.91 Å². The van der Waals surface area contributed by atoms with Crippen LogP contribution in [0.25, 0.3) is 0 Å². The highest BCUT2D eigenvalue weighted by atomic mass is 16.5. The molecule has 0 fully saturated rings. The Hall–Kier alpha value is -1.75. The normalized spacial score (nSPS) is 11.8. The third-order valence-electron chi connectivity index (χ3n) is 3.03. The number of hydrogen-bond donors (Lipinski definition) is 2. The molecule has 0 saturated heterocycles. The summed E-state index contributed by atoms with van der Waals surface area (Å²) in [6.45, 7) is 7.70. The van der Waals surface area contributed by atoms with Crippen LogP contribution in [0, 0.1) is 0 Å². The van der Waals surface area contributed by atoms with Crippen molar-refractivity contribution in [2.24, 2.45) is 0 Å². The molecule has 1 aromatic carbocycles. The zero-order valence-corrected chi connectivity index (χ0v) is 13.4. The molecule has 5 heteroatoms. The van der Waals surface area contributed by atoms with Crippen molar-refractivity contribution in [2.75, 3.05) is 26.8 Å². The topological polar surface area (TPSA) is 59.6 Å². The minimum Gasteiger partial charge on any atom is -0.490 e. The average Bonchev–Trinajstić information content (AvgIpc) is 2.51. The summed E-state index contributed by atoms with van der Waals surface area (Å²) in [6.07, 6.45) is 0.926. The SMILES string of the molecule is CCCOc1ccc(C(=O)NCC(C)NC)cc1OCC. The van der Waals surface area contributed by atoms with Crippen LogP contribution in [0.3, 0.4) is 0 Å². The Morgan fingerprint density at radius 1 is 1.24 bits per heavy atom. The zero-order valence-electron chi connectivity index (χ0n) is 13.4. The number of carbonyl (C=O) groups is 1. The van der Waals surface area contributed by atoms with Gasteiger partial charge in [0.2, 0.25) is 0 Å². The van der Waals surface area contributed by atoms with E-state index in [1.165, 1.54) is 0 Å². The lowest BCUT2D eigenvalue weighted by Gasteiger charge is -2.14. The van der Waals surface area contributed by atoms with Gasteiger partial charge < -0.3 is 20.1 Å². The zero-order chi connectivity index (χ0) is 15.7. The predicted molar refractivity (Wildman–Crippen MR) is 84.3 cm³/mol. The molecule has 118 valence electrons. The molecule has 1 rings (SSSR count). The first-order valence-electron chi connectivity index (χ1n) is 7.47. The molecule has 0 heterocycles. The van der Waals surface area contributed by atoms with Gasteiger partial charge in [-0.3, -0.25) is 4.79 Å². The summed E-state index contributed by atoms with van der Waals surface area (Å²) in [5.41, 5.74) is 0.575. The van der Waals surface area contributed by atoms with Gasteiger partial charge >= 0.3 is 0 Å². The number of hydrogen-bond acceptors (Lipinski definition) is 4. The van der Waals surface area contributed by atoms with E-state index in [4.69, 9.17) is 9.47 Å². The molecule has 2 N–H and O–H groups in total. The molecular weight excluding hydrogens is 268 g/mol. The fraction of sp³-hybridized carbons (Fsp3) is 0.562. The highest BCUT2D eigenvalue weighted by molar-refractivity contribution is 5.94. The summed E-state index contributed by atoms with van der Waals surface area (Å²) >= 11 is 0. The van der Waals surface area contributed by atoms with Gasteiger partial charge in [-0.1, -0.05) is 6.92 Å². The first kappa shape index (κ1) is 17.3. The van der Waals surface area contributed by atoms with Crippen LogP contribution in [-0.2, 0) is 0 Å². The molecule has 0 aromatic heterocycles. The molecule has 1 unspecified atom stereocenters. The van der Waals surface area contributed by atoms with Crippen LogP contribution >= 0.6 is 0 Å². The maximum absolute atomic E-state index is 12.1. The molecule has 21 heavy (non-hydrogen) atoms. The van der Waals surface area contributed by atoms with Crippen LogP contribution in [0.4, 0.5) is 0 Å². The molecule has 0 bridgehead atoms. The highest BCUT2D eigenvalue weighted by Crippen LogP contribution is 2.28. The minimum atomic E-state index is -0.111. The first-order valence-corrected chi connectivity index (χ1v) is 7.47. The number of carbonyl (C=O) groups excluding carboxylic acids is 1. The molecule has 0 saturated carbocycles. The number of benzene rings is 1. The van der Waals surface area contributed by atoms with Crippen molar-refractivity contribution in [3.8, 4) is 11.5 Å². The van der Waals surface area contributed by atoms with E-state index < -0.39 is 0 Å². The fourth-order valence-corrected chi connectivity index (χ4v) is 1.70. The second kappa shape index (κ2) is 9.23. The van der Waals surface area contributed by atoms with Crippen molar-refractivity contribution in [3.05, 3.63) is 23.8 Å².